The number of benzene rings is 1. The molecular formula is C10H10ClNOOs-. The molecule has 0 unspecified atom stereocenters. The van der Waals surface area contributed by atoms with Crippen LogP contribution in [0.3, 0.4) is 0 Å². The van der Waals surface area contributed by atoms with E-state index in [0.29, 0.717) is 5.52 Å². The Bertz CT molecular complexity index is 389. The second kappa shape index (κ2) is 6.76. The molecule has 4 heteroatoms. The Morgan fingerprint density at radius 2 is 1.79 bits per heavy atom. The predicted octanol–water partition coefficient (Wildman–Crippen LogP) is 3.08. The number of phenolic OH excluding ortho intramolecular Hbond substituents is 1. The number of aromatic hydroxyl groups is 1. The number of halogens is 1. The van der Waals surface area contributed by atoms with Gasteiger partial charge in [0.2, 0.25) is 0 Å². The van der Waals surface area contributed by atoms with Crippen molar-refractivity contribution in [2.45, 2.75) is 0 Å². The van der Waals surface area contributed by atoms with Gasteiger partial charge >= 0.3 is 27.2 Å². The fraction of sp³-hybridized carbons (Fsp3) is 0. The van der Waals surface area contributed by atoms with Crippen LogP contribution in [0.2, 0.25) is 0 Å². The molecule has 0 atom stereocenters. The van der Waals surface area contributed by atoms with Gasteiger partial charge in [-0.25, -0.2) is 0 Å². The van der Waals surface area contributed by atoms with Gasteiger partial charge in [-0.15, -0.1) is 0 Å². The summed E-state index contributed by atoms with van der Waals surface area (Å²) in [5.74, 6) is 0.239. The molecule has 0 aliphatic heterocycles. The van der Waals surface area contributed by atoms with E-state index in [1.165, 1.54) is 17.6 Å². The molecule has 77 valence electrons. The Morgan fingerprint density at radius 1 is 1.14 bits per heavy atom. The molecule has 1 heterocycles. The van der Waals surface area contributed by atoms with Crippen molar-refractivity contribution in [2.75, 3.05) is 0 Å². The van der Waals surface area contributed by atoms with Crippen molar-refractivity contribution in [3.63, 3.8) is 0 Å². The van der Waals surface area contributed by atoms with E-state index in [9.17, 15) is 5.11 Å². The summed E-state index contributed by atoms with van der Waals surface area (Å²) in [7, 11) is 4.67. The summed E-state index contributed by atoms with van der Waals surface area (Å²) < 4.78 is 0. The van der Waals surface area contributed by atoms with Crippen molar-refractivity contribution in [1.29, 1.82) is 0 Å². The van der Waals surface area contributed by atoms with Crippen LogP contribution in [-0.4, -0.2) is 10.1 Å². The number of hydrogen-bond donors (Lipinski definition) is 1. The second-order valence-electron chi connectivity index (χ2n) is 2.35. The molecule has 2 aromatic rings. The standard InChI is InChI=1S/C9H7NO.CH3.ClH.Os/c11-8-5-1-3-7-4-2-6-10-9(7)8;;;/h1-6,11H;1H3;1H;/q;-1;;+1/p-1. The molecule has 0 aliphatic carbocycles. The third-order valence-electron chi connectivity index (χ3n) is 1.61. The number of nitrogens with zero attached hydrogens (tertiary/aromatic N) is 1. The zero-order valence-electron chi connectivity index (χ0n) is 7.59. The summed E-state index contributed by atoms with van der Waals surface area (Å²) in [5.41, 5.74) is 0.662. The van der Waals surface area contributed by atoms with Crippen LogP contribution < -0.4 is 0 Å². The Morgan fingerprint density at radius 3 is 2.43 bits per heavy atom. The van der Waals surface area contributed by atoms with Crippen LogP contribution in [0.4, 0.5) is 0 Å². The average molecular weight is 386 g/mol. The zero-order chi connectivity index (χ0) is 9.68. The number of hydrogen-bond acceptors (Lipinski definition) is 2. The SMILES string of the molecule is Oc1cccc2cccnc12.[CH3-].[Cl][Os]. The van der Waals surface area contributed by atoms with E-state index in [4.69, 9.17) is 0 Å². The molecule has 0 aliphatic rings. The normalized spacial score (nSPS) is 8.43. The zero-order valence-corrected chi connectivity index (χ0v) is 10.9. The fourth-order valence-corrected chi connectivity index (χ4v) is 1.09. The molecule has 1 aromatic heterocycles. The fourth-order valence-electron chi connectivity index (χ4n) is 1.09. The van der Waals surface area contributed by atoms with Gasteiger partial charge in [-0.3, -0.25) is 4.98 Å². The average Bonchev–Trinajstić information content (AvgIpc) is 2.22. The molecule has 1 N–H and O–H groups in total. The molecule has 14 heavy (non-hydrogen) atoms. The summed E-state index contributed by atoms with van der Waals surface area (Å²) in [6.07, 6.45) is 1.67. The molecule has 0 spiro atoms. The summed E-state index contributed by atoms with van der Waals surface area (Å²) in [4.78, 5) is 4.03. The van der Waals surface area contributed by atoms with Gasteiger partial charge in [0.1, 0.15) is 11.3 Å². The van der Waals surface area contributed by atoms with Crippen molar-refractivity contribution in [3.05, 3.63) is 44.0 Å². The maximum absolute atomic E-state index is 9.31. The molecule has 1 aromatic carbocycles. The number of pyridine rings is 1. The van der Waals surface area contributed by atoms with Gasteiger partial charge in [-0.2, -0.15) is 0 Å². The second-order valence-corrected chi connectivity index (χ2v) is 2.35. The maximum atomic E-state index is 9.31. The summed E-state index contributed by atoms with van der Waals surface area (Å²) in [6, 6.07) is 9.13. The Kier molecular flexibility index (Phi) is 6.45. The molecule has 0 saturated carbocycles. The van der Waals surface area contributed by atoms with Gasteiger partial charge in [-0.1, -0.05) is 18.2 Å². The Balaban J connectivity index is 0.000000531. The first-order valence-electron chi connectivity index (χ1n) is 3.54. The Labute approximate surface area is 97.9 Å². The molecule has 2 rings (SSSR count). The first kappa shape index (κ1) is 13.4. The molecular weight excluding hydrogens is 376 g/mol. The van der Waals surface area contributed by atoms with Crippen molar-refractivity contribution < 1.29 is 22.7 Å². The van der Waals surface area contributed by atoms with Crippen molar-refractivity contribution >= 4 is 20.5 Å². The van der Waals surface area contributed by atoms with Gasteiger partial charge in [0.25, 0.3) is 0 Å². The van der Waals surface area contributed by atoms with E-state index >= 15 is 0 Å². The summed E-state index contributed by atoms with van der Waals surface area (Å²) in [6.45, 7) is 0. The van der Waals surface area contributed by atoms with Crippen LogP contribution in [-0.2, 0) is 17.6 Å². The molecule has 0 amide bonds. The first-order valence-corrected chi connectivity index (χ1v) is 6.69. The number of rotatable bonds is 0. The number of phenols is 1. The summed E-state index contributed by atoms with van der Waals surface area (Å²) >= 11 is 1.33. The van der Waals surface area contributed by atoms with E-state index in [1.807, 2.05) is 18.2 Å². The number of fused-ring (bicyclic) bond motifs is 1. The van der Waals surface area contributed by atoms with E-state index in [1.54, 1.807) is 18.3 Å². The topological polar surface area (TPSA) is 33.1 Å². The molecule has 0 radical (unpaired) electrons. The van der Waals surface area contributed by atoms with Gasteiger partial charge in [0, 0.05) is 11.6 Å². The van der Waals surface area contributed by atoms with Crippen LogP contribution in [0, 0.1) is 7.43 Å². The monoisotopic (exact) mass is 387 g/mol. The van der Waals surface area contributed by atoms with Crippen LogP contribution in [0.15, 0.2) is 36.5 Å². The Hall–Kier alpha value is -0.644. The van der Waals surface area contributed by atoms with Crippen molar-refractivity contribution in [2.24, 2.45) is 0 Å². The molecule has 2 nitrogen and oxygen atoms in total. The third-order valence-corrected chi connectivity index (χ3v) is 1.61. The first-order chi connectivity index (χ1) is 6.38. The van der Waals surface area contributed by atoms with Gasteiger partial charge in [0.15, 0.2) is 0 Å². The predicted molar refractivity (Wildman–Crippen MR) is 55.7 cm³/mol. The van der Waals surface area contributed by atoms with Gasteiger partial charge < -0.3 is 12.5 Å². The molecule has 0 saturated heterocycles. The van der Waals surface area contributed by atoms with Crippen LogP contribution in [0.1, 0.15) is 0 Å². The quantitative estimate of drug-likeness (QED) is 0.707. The number of para-hydroxylation sites is 1. The summed E-state index contributed by atoms with van der Waals surface area (Å²) in [5, 5.41) is 10.3. The van der Waals surface area contributed by atoms with Crippen LogP contribution in [0.5, 0.6) is 5.75 Å². The third kappa shape index (κ3) is 2.94. The van der Waals surface area contributed by atoms with Gasteiger partial charge in [-0.05, 0) is 12.1 Å². The van der Waals surface area contributed by atoms with E-state index in [0.717, 1.165) is 5.39 Å². The number of aromatic nitrogens is 1. The van der Waals surface area contributed by atoms with E-state index in [2.05, 4.69) is 14.6 Å². The van der Waals surface area contributed by atoms with E-state index in [-0.39, 0.29) is 13.2 Å². The minimum absolute atomic E-state index is 0. The van der Waals surface area contributed by atoms with Crippen LogP contribution >= 0.6 is 9.64 Å². The molecule has 0 fully saturated rings. The van der Waals surface area contributed by atoms with Crippen molar-refractivity contribution in [3.8, 4) is 5.75 Å². The van der Waals surface area contributed by atoms with E-state index < -0.39 is 0 Å². The molecule has 0 bridgehead atoms. The van der Waals surface area contributed by atoms with Crippen LogP contribution in [0.25, 0.3) is 10.9 Å². The minimum atomic E-state index is 0. The van der Waals surface area contributed by atoms with Crippen molar-refractivity contribution in [1.82, 2.24) is 4.98 Å². The van der Waals surface area contributed by atoms with Gasteiger partial charge in [0.05, 0.1) is 0 Å².